The molecular weight excluding hydrogens is 396 g/mol. The minimum Gasteiger partial charge on any atom is -0.321 e. The molecule has 0 spiro atoms. The molecule has 0 aliphatic rings. The summed E-state index contributed by atoms with van der Waals surface area (Å²) in [7, 11) is 0. The number of benzene rings is 2. The molecule has 1 amide bonds. The Labute approximate surface area is 168 Å². The Morgan fingerprint density at radius 1 is 1.14 bits per heavy atom. The molecule has 0 aliphatic heterocycles. The average Bonchev–Trinajstić information content (AvgIpc) is 3.03. The lowest BCUT2D eigenvalue weighted by Gasteiger charge is -2.06. The van der Waals surface area contributed by atoms with Crippen molar-refractivity contribution in [3.8, 4) is 0 Å². The van der Waals surface area contributed by atoms with E-state index >= 15 is 0 Å². The summed E-state index contributed by atoms with van der Waals surface area (Å²) in [5, 5.41) is 3.05. The number of carbonyl (C=O) groups is 1. The number of aromatic nitrogens is 2. The van der Waals surface area contributed by atoms with Crippen molar-refractivity contribution in [2.75, 3.05) is 5.32 Å². The van der Waals surface area contributed by atoms with Gasteiger partial charge in [-0.3, -0.25) is 14.2 Å². The second-order valence-electron chi connectivity index (χ2n) is 6.50. The van der Waals surface area contributed by atoms with Crippen molar-refractivity contribution in [2.45, 2.75) is 13.5 Å². The van der Waals surface area contributed by atoms with Crippen LogP contribution < -0.4 is 10.9 Å². The fraction of sp³-hybridized carbons (Fsp3) is 0.0952. The highest BCUT2D eigenvalue weighted by Crippen LogP contribution is 2.27. The lowest BCUT2D eigenvalue weighted by Crippen LogP contribution is -2.21. The molecule has 0 atom stereocenters. The first kappa shape index (κ1) is 18.9. The average molecular weight is 411 g/mol. The lowest BCUT2D eigenvalue weighted by molar-refractivity contribution is 0.103. The lowest BCUT2D eigenvalue weighted by atomic mass is 10.2. The van der Waals surface area contributed by atoms with Crippen LogP contribution in [0.4, 0.5) is 14.5 Å². The van der Waals surface area contributed by atoms with E-state index in [9.17, 15) is 18.4 Å². The summed E-state index contributed by atoms with van der Waals surface area (Å²) in [4.78, 5) is 30.7. The Bertz CT molecular complexity index is 1280. The minimum absolute atomic E-state index is 0.173. The van der Waals surface area contributed by atoms with Crippen LogP contribution in [0.3, 0.4) is 0 Å². The third-order valence-corrected chi connectivity index (χ3v) is 5.67. The summed E-state index contributed by atoms with van der Waals surface area (Å²) in [5.41, 5.74) is 1.31. The van der Waals surface area contributed by atoms with Crippen LogP contribution in [-0.2, 0) is 6.54 Å². The Morgan fingerprint density at radius 3 is 2.62 bits per heavy atom. The van der Waals surface area contributed by atoms with Gasteiger partial charge in [0.25, 0.3) is 11.5 Å². The summed E-state index contributed by atoms with van der Waals surface area (Å²) in [6, 6.07) is 11.4. The molecule has 2 aromatic carbocycles. The Hall–Kier alpha value is -3.39. The number of carbonyl (C=O) groups excluding carboxylic acids is 1. The van der Waals surface area contributed by atoms with E-state index in [2.05, 4.69) is 10.3 Å². The van der Waals surface area contributed by atoms with Crippen molar-refractivity contribution < 1.29 is 13.6 Å². The van der Waals surface area contributed by atoms with E-state index < -0.39 is 11.7 Å². The van der Waals surface area contributed by atoms with Crippen molar-refractivity contribution in [1.82, 2.24) is 9.55 Å². The fourth-order valence-electron chi connectivity index (χ4n) is 3.04. The number of halogens is 2. The maximum Gasteiger partial charge on any atom is 0.266 e. The molecular formula is C21H15F2N3O2S. The Kier molecular flexibility index (Phi) is 4.94. The molecule has 146 valence electrons. The molecule has 2 aromatic heterocycles. The van der Waals surface area contributed by atoms with Crippen LogP contribution in [0.2, 0.25) is 0 Å². The molecule has 0 fully saturated rings. The number of hydrogen-bond acceptors (Lipinski definition) is 4. The highest BCUT2D eigenvalue weighted by Gasteiger charge is 2.19. The maximum absolute atomic E-state index is 13.4. The third kappa shape index (κ3) is 3.79. The van der Waals surface area contributed by atoms with Gasteiger partial charge in [-0.05, 0) is 54.4 Å². The topological polar surface area (TPSA) is 64.0 Å². The second-order valence-corrected chi connectivity index (χ2v) is 7.50. The van der Waals surface area contributed by atoms with Gasteiger partial charge in [0, 0.05) is 5.69 Å². The highest BCUT2D eigenvalue weighted by molar-refractivity contribution is 7.20. The zero-order valence-electron chi connectivity index (χ0n) is 15.3. The van der Waals surface area contributed by atoms with Crippen molar-refractivity contribution in [3.63, 3.8) is 0 Å². The molecule has 0 unspecified atom stereocenters. The molecule has 29 heavy (non-hydrogen) atoms. The molecule has 0 saturated carbocycles. The van der Waals surface area contributed by atoms with Gasteiger partial charge in [0.15, 0.2) is 0 Å². The number of thiophene rings is 1. The predicted octanol–water partition coefficient (Wildman–Crippen LogP) is 4.35. The zero-order valence-corrected chi connectivity index (χ0v) is 16.1. The van der Waals surface area contributed by atoms with Gasteiger partial charge >= 0.3 is 0 Å². The van der Waals surface area contributed by atoms with Crippen molar-refractivity contribution in [2.24, 2.45) is 0 Å². The van der Waals surface area contributed by atoms with E-state index in [-0.39, 0.29) is 17.9 Å². The van der Waals surface area contributed by atoms with Crippen LogP contribution in [0, 0.1) is 18.6 Å². The van der Waals surface area contributed by atoms with Crippen molar-refractivity contribution in [1.29, 1.82) is 0 Å². The zero-order chi connectivity index (χ0) is 20.5. The number of nitrogens with zero attached hydrogens (tertiary/aromatic N) is 2. The van der Waals surface area contributed by atoms with E-state index in [0.717, 1.165) is 11.3 Å². The molecule has 8 heteroatoms. The van der Waals surface area contributed by atoms with Crippen LogP contribution in [0.1, 0.15) is 20.8 Å². The quantitative estimate of drug-likeness (QED) is 0.543. The molecule has 4 aromatic rings. The van der Waals surface area contributed by atoms with Gasteiger partial charge in [0.2, 0.25) is 0 Å². The van der Waals surface area contributed by atoms with E-state index in [1.54, 1.807) is 19.1 Å². The Balaban J connectivity index is 1.68. The summed E-state index contributed by atoms with van der Waals surface area (Å²) in [6.07, 6.45) is 1.40. The summed E-state index contributed by atoms with van der Waals surface area (Å²) in [5.74, 6) is -1.17. The molecule has 0 radical (unpaired) electrons. The van der Waals surface area contributed by atoms with Gasteiger partial charge in [0.05, 0.1) is 23.1 Å². The van der Waals surface area contributed by atoms with E-state index in [1.807, 2.05) is 0 Å². The number of nitrogens with one attached hydrogen (secondary N) is 1. The molecule has 2 heterocycles. The number of fused-ring (bicyclic) bond motifs is 1. The summed E-state index contributed by atoms with van der Waals surface area (Å²) < 4.78 is 27.8. The normalized spacial score (nSPS) is 11.0. The van der Waals surface area contributed by atoms with Crippen LogP contribution in [0.15, 0.2) is 59.7 Å². The number of rotatable bonds is 4. The van der Waals surface area contributed by atoms with E-state index in [4.69, 9.17) is 0 Å². The SMILES string of the molecule is Cc1c(C(=O)Nc2ccc(F)cc2)sc2ncn(Cc3cccc(F)c3)c(=O)c12. The number of hydrogen-bond donors (Lipinski definition) is 1. The van der Waals surface area contributed by atoms with Gasteiger partial charge in [-0.15, -0.1) is 11.3 Å². The molecule has 5 nitrogen and oxygen atoms in total. The van der Waals surface area contributed by atoms with E-state index in [1.165, 1.54) is 47.3 Å². The maximum atomic E-state index is 13.4. The van der Waals surface area contributed by atoms with Crippen LogP contribution >= 0.6 is 11.3 Å². The largest absolute Gasteiger partial charge is 0.321 e. The molecule has 1 N–H and O–H groups in total. The standard InChI is InChI=1S/C21H15F2N3O2S/c1-12-17-20(29-18(12)19(27)25-16-7-5-14(22)6-8-16)24-11-26(21(17)28)10-13-3-2-4-15(23)9-13/h2-9,11H,10H2,1H3,(H,25,27). The molecule has 0 saturated heterocycles. The van der Waals surface area contributed by atoms with Crippen molar-refractivity contribution >= 4 is 33.1 Å². The highest BCUT2D eigenvalue weighted by atomic mass is 32.1. The predicted molar refractivity (Wildman–Crippen MR) is 108 cm³/mol. The number of anilines is 1. The van der Waals surface area contributed by atoms with Gasteiger partial charge in [-0.25, -0.2) is 13.8 Å². The van der Waals surface area contributed by atoms with E-state index in [0.29, 0.717) is 31.9 Å². The monoisotopic (exact) mass is 411 g/mol. The molecule has 4 rings (SSSR count). The molecule has 0 aliphatic carbocycles. The third-order valence-electron chi connectivity index (χ3n) is 4.47. The van der Waals surface area contributed by atoms with Gasteiger partial charge in [-0.2, -0.15) is 0 Å². The van der Waals surface area contributed by atoms with Gasteiger partial charge in [0.1, 0.15) is 16.5 Å². The van der Waals surface area contributed by atoms with Gasteiger partial charge in [-0.1, -0.05) is 12.1 Å². The van der Waals surface area contributed by atoms with Gasteiger partial charge < -0.3 is 5.32 Å². The molecule has 0 bridgehead atoms. The smallest absolute Gasteiger partial charge is 0.266 e. The fourth-order valence-corrected chi connectivity index (χ4v) is 4.08. The first-order chi connectivity index (χ1) is 13.9. The Morgan fingerprint density at radius 2 is 1.90 bits per heavy atom. The number of amides is 1. The summed E-state index contributed by atoms with van der Waals surface area (Å²) >= 11 is 1.12. The summed E-state index contributed by atoms with van der Waals surface area (Å²) in [6.45, 7) is 1.86. The van der Waals surface area contributed by atoms with Crippen LogP contribution in [0.5, 0.6) is 0 Å². The van der Waals surface area contributed by atoms with Crippen molar-refractivity contribution in [3.05, 3.63) is 92.9 Å². The second kappa shape index (κ2) is 7.56. The van der Waals surface area contributed by atoms with Crippen LogP contribution in [-0.4, -0.2) is 15.5 Å². The first-order valence-electron chi connectivity index (χ1n) is 8.72. The minimum atomic E-state index is -0.399. The number of aryl methyl sites for hydroxylation is 1. The first-order valence-corrected chi connectivity index (χ1v) is 9.54. The van der Waals surface area contributed by atoms with Crippen LogP contribution in [0.25, 0.3) is 10.2 Å².